The molecule has 1 unspecified atom stereocenters. The van der Waals surface area contributed by atoms with Crippen LogP contribution >= 0.6 is 0 Å². The van der Waals surface area contributed by atoms with Gasteiger partial charge in [0.25, 0.3) is 11.8 Å². The van der Waals surface area contributed by atoms with Crippen molar-refractivity contribution in [1.82, 2.24) is 15.5 Å². The number of anilines is 2. The summed E-state index contributed by atoms with van der Waals surface area (Å²) in [6.45, 7) is 1.94. The summed E-state index contributed by atoms with van der Waals surface area (Å²) in [5.41, 5.74) is 2.81. The van der Waals surface area contributed by atoms with Gasteiger partial charge >= 0.3 is 0 Å². The minimum Gasteiger partial charge on any atom is -0.379 e. The van der Waals surface area contributed by atoms with Crippen molar-refractivity contribution in [3.8, 4) is 0 Å². The van der Waals surface area contributed by atoms with Crippen molar-refractivity contribution in [3.63, 3.8) is 0 Å². The fourth-order valence-electron chi connectivity index (χ4n) is 4.55. The molecule has 2 fully saturated rings. The van der Waals surface area contributed by atoms with Crippen molar-refractivity contribution in [2.24, 2.45) is 0 Å². The molecule has 0 bridgehead atoms. The van der Waals surface area contributed by atoms with Crippen molar-refractivity contribution in [2.45, 2.75) is 25.4 Å². The monoisotopic (exact) mass is 461 g/mol. The van der Waals surface area contributed by atoms with Crippen LogP contribution in [0.2, 0.25) is 0 Å². The molecule has 5 rings (SSSR count). The summed E-state index contributed by atoms with van der Waals surface area (Å²) in [6.07, 6.45) is 0.194. The van der Waals surface area contributed by atoms with E-state index in [0.717, 1.165) is 21.8 Å². The predicted molar refractivity (Wildman–Crippen MR) is 122 cm³/mol. The molecule has 3 aliphatic rings. The van der Waals surface area contributed by atoms with E-state index in [2.05, 4.69) is 16.0 Å². The molecular weight excluding hydrogens is 438 g/mol. The maximum absolute atomic E-state index is 13.0. The Labute approximate surface area is 195 Å². The first kappa shape index (κ1) is 21.8. The number of nitrogens with one attached hydrogen (secondary N) is 3. The summed E-state index contributed by atoms with van der Waals surface area (Å²) in [6, 6.07) is 11.5. The Morgan fingerprint density at radius 3 is 2.56 bits per heavy atom. The lowest BCUT2D eigenvalue weighted by molar-refractivity contribution is -0.136. The Kier molecular flexibility index (Phi) is 5.58. The number of para-hydroxylation sites is 2. The molecule has 34 heavy (non-hydrogen) atoms. The Morgan fingerprint density at radius 1 is 0.971 bits per heavy atom. The Balaban J connectivity index is 1.34. The van der Waals surface area contributed by atoms with Crippen LogP contribution in [0.15, 0.2) is 42.5 Å². The van der Waals surface area contributed by atoms with Gasteiger partial charge < -0.3 is 15.5 Å². The van der Waals surface area contributed by atoms with Crippen LogP contribution in [0.3, 0.4) is 0 Å². The highest BCUT2D eigenvalue weighted by molar-refractivity contribution is 6.23. The van der Waals surface area contributed by atoms with Crippen LogP contribution in [-0.2, 0) is 20.9 Å². The van der Waals surface area contributed by atoms with Gasteiger partial charge in [0.15, 0.2) is 0 Å². The van der Waals surface area contributed by atoms with Gasteiger partial charge in [-0.2, -0.15) is 0 Å². The van der Waals surface area contributed by atoms with E-state index in [0.29, 0.717) is 26.2 Å². The lowest BCUT2D eigenvalue weighted by Crippen LogP contribution is -2.54. The zero-order chi connectivity index (χ0) is 23.8. The second kappa shape index (κ2) is 8.71. The zero-order valence-electron chi connectivity index (χ0n) is 18.3. The quantitative estimate of drug-likeness (QED) is 0.558. The molecule has 1 atom stereocenters. The van der Waals surface area contributed by atoms with E-state index in [1.807, 2.05) is 24.3 Å². The summed E-state index contributed by atoms with van der Waals surface area (Å²) in [7, 11) is 0. The number of carbonyl (C=O) groups is 5. The minimum absolute atomic E-state index is 0.00400. The standard InChI is InChI=1S/C24H23N5O5/c30-20-8-7-19(22(32)27-20)29-23(33)15-6-5-14(11-16(15)24(29)34)12-26-17-3-1-2-4-18(17)28-10-9-25-13-21(28)31/h1-6,11,19,25-26H,7-10,12-13H2,(H,27,30,32). The average molecular weight is 461 g/mol. The van der Waals surface area contributed by atoms with E-state index < -0.39 is 29.7 Å². The second-order valence-corrected chi connectivity index (χ2v) is 8.42. The van der Waals surface area contributed by atoms with Crippen LogP contribution in [0.25, 0.3) is 0 Å². The fourth-order valence-corrected chi connectivity index (χ4v) is 4.55. The van der Waals surface area contributed by atoms with Crippen LogP contribution in [0.1, 0.15) is 39.1 Å². The molecule has 3 N–H and O–H groups in total. The topological polar surface area (TPSA) is 128 Å². The van der Waals surface area contributed by atoms with Crippen molar-refractivity contribution in [2.75, 3.05) is 29.9 Å². The van der Waals surface area contributed by atoms with Crippen molar-refractivity contribution >= 4 is 40.9 Å². The first-order chi connectivity index (χ1) is 16.4. The van der Waals surface area contributed by atoms with E-state index in [4.69, 9.17) is 0 Å². The Hall–Kier alpha value is -4.05. The predicted octanol–water partition coefficient (Wildman–Crippen LogP) is 0.636. The molecule has 2 aromatic rings. The molecule has 174 valence electrons. The number of amides is 5. The number of imide groups is 2. The Bertz CT molecular complexity index is 1230. The van der Waals surface area contributed by atoms with E-state index >= 15 is 0 Å². The molecule has 10 nitrogen and oxygen atoms in total. The SMILES string of the molecule is O=C1CCC(N2C(=O)c3ccc(CNc4ccccc4N4CCNCC4=O)cc3C2=O)C(=O)N1. The van der Waals surface area contributed by atoms with Crippen LogP contribution in [0.4, 0.5) is 11.4 Å². The first-order valence-electron chi connectivity index (χ1n) is 11.1. The number of piperazine rings is 1. The number of hydrogen-bond acceptors (Lipinski definition) is 7. The summed E-state index contributed by atoms with van der Waals surface area (Å²) >= 11 is 0. The lowest BCUT2D eigenvalue weighted by atomic mass is 10.0. The highest BCUT2D eigenvalue weighted by Gasteiger charge is 2.44. The van der Waals surface area contributed by atoms with Gasteiger partial charge in [0.1, 0.15) is 6.04 Å². The van der Waals surface area contributed by atoms with E-state index in [1.54, 1.807) is 23.1 Å². The molecule has 0 spiro atoms. The molecule has 5 amide bonds. The van der Waals surface area contributed by atoms with Gasteiger partial charge in [-0.15, -0.1) is 0 Å². The third kappa shape index (κ3) is 3.81. The summed E-state index contributed by atoms with van der Waals surface area (Å²) in [5.74, 6) is -2.11. The average Bonchev–Trinajstić information content (AvgIpc) is 3.08. The van der Waals surface area contributed by atoms with Gasteiger partial charge in [-0.1, -0.05) is 18.2 Å². The third-order valence-electron chi connectivity index (χ3n) is 6.27. The molecule has 0 radical (unpaired) electrons. The summed E-state index contributed by atoms with van der Waals surface area (Å²) in [4.78, 5) is 64.6. The molecule has 0 saturated carbocycles. The molecule has 0 aromatic heterocycles. The van der Waals surface area contributed by atoms with Crippen molar-refractivity contribution < 1.29 is 24.0 Å². The molecule has 0 aliphatic carbocycles. The lowest BCUT2D eigenvalue weighted by Gasteiger charge is -2.29. The fraction of sp³-hybridized carbons (Fsp3) is 0.292. The van der Waals surface area contributed by atoms with Crippen LogP contribution in [-0.4, -0.2) is 60.1 Å². The highest BCUT2D eigenvalue weighted by atomic mass is 16.2. The van der Waals surface area contributed by atoms with Gasteiger partial charge in [-0.25, -0.2) is 0 Å². The maximum atomic E-state index is 13.0. The van der Waals surface area contributed by atoms with Gasteiger partial charge in [-0.05, 0) is 36.2 Å². The molecule has 2 saturated heterocycles. The minimum atomic E-state index is -0.991. The number of fused-ring (bicyclic) bond motifs is 1. The number of hydrogen-bond donors (Lipinski definition) is 3. The molecule has 3 aliphatic heterocycles. The summed E-state index contributed by atoms with van der Waals surface area (Å²) in [5, 5.41) is 8.58. The number of carbonyl (C=O) groups excluding carboxylic acids is 5. The van der Waals surface area contributed by atoms with Gasteiger partial charge in [-0.3, -0.25) is 34.2 Å². The van der Waals surface area contributed by atoms with E-state index in [1.165, 1.54) is 0 Å². The number of benzene rings is 2. The first-order valence-corrected chi connectivity index (χ1v) is 11.1. The molecule has 2 aromatic carbocycles. The second-order valence-electron chi connectivity index (χ2n) is 8.42. The Morgan fingerprint density at radius 2 is 1.76 bits per heavy atom. The van der Waals surface area contributed by atoms with Crippen LogP contribution in [0.5, 0.6) is 0 Å². The number of piperidine rings is 1. The number of rotatable bonds is 5. The van der Waals surface area contributed by atoms with Gasteiger partial charge in [0.2, 0.25) is 17.7 Å². The van der Waals surface area contributed by atoms with Crippen molar-refractivity contribution in [1.29, 1.82) is 0 Å². The van der Waals surface area contributed by atoms with Crippen molar-refractivity contribution in [3.05, 3.63) is 59.2 Å². The number of nitrogens with zero attached hydrogens (tertiary/aromatic N) is 2. The third-order valence-corrected chi connectivity index (χ3v) is 6.27. The van der Waals surface area contributed by atoms with Crippen LogP contribution < -0.4 is 20.9 Å². The zero-order valence-corrected chi connectivity index (χ0v) is 18.3. The van der Waals surface area contributed by atoms with Crippen LogP contribution in [0, 0.1) is 0 Å². The molecule has 3 heterocycles. The highest BCUT2D eigenvalue weighted by Crippen LogP contribution is 2.30. The largest absolute Gasteiger partial charge is 0.379 e. The maximum Gasteiger partial charge on any atom is 0.262 e. The van der Waals surface area contributed by atoms with Gasteiger partial charge in [0.05, 0.1) is 29.0 Å². The summed E-state index contributed by atoms with van der Waals surface area (Å²) < 4.78 is 0. The van der Waals surface area contributed by atoms with E-state index in [9.17, 15) is 24.0 Å². The smallest absolute Gasteiger partial charge is 0.262 e. The van der Waals surface area contributed by atoms with Gasteiger partial charge in [0, 0.05) is 26.1 Å². The molecular formula is C24H23N5O5. The van der Waals surface area contributed by atoms with E-state index in [-0.39, 0.29) is 29.9 Å². The molecule has 10 heteroatoms. The normalized spacial score (nSPS) is 20.5.